The minimum absolute atomic E-state index is 0. The minimum atomic E-state index is -3.11. The van der Waals surface area contributed by atoms with E-state index >= 15 is 0 Å². The van der Waals surface area contributed by atoms with Crippen molar-refractivity contribution < 1.29 is 34.8 Å². The third kappa shape index (κ3) is 4.98. The van der Waals surface area contributed by atoms with E-state index in [-0.39, 0.29) is 45.2 Å². The Morgan fingerprint density at radius 1 is 1.06 bits per heavy atom. The first-order chi connectivity index (χ1) is 19.0. The summed E-state index contributed by atoms with van der Waals surface area (Å²) in [5.74, 6) is -0.736. The highest BCUT2D eigenvalue weighted by Crippen LogP contribution is 2.34. The second-order valence-electron chi connectivity index (χ2n) is 7.90. The molecule has 2 fully saturated rings. The van der Waals surface area contributed by atoms with Gasteiger partial charge in [-0.3, -0.25) is 24.6 Å². The molecule has 3 aliphatic rings. The second-order valence-corrected chi connectivity index (χ2v) is 7.90. The van der Waals surface area contributed by atoms with Crippen LogP contribution in [0.1, 0.15) is 58.3 Å². The summed E-state index contributed by atoms with van der Waals surface area (Å²) in [5, 5.41) is 2.27. The molecular formula is C26H31N3O5. The van der Waals surface area contributed by atoms with Crippen molar-refractivity contribution in [2.24, 2.45) is 0 Å². The van der Waals surface area contributed by atoms with Crippen LogP contribution in [0.2, 0.25) is 0 Å². The molecule has 8 nitrogen and oxygen atoms in total. The largest absolute Gasteiger partial charge is 0.489 e. The molecule has 5 rings (SSSR count). The zero-order valence-electron chi connectivity index (χ0n) is 25.6. The van der Waals surface area contributed by atoms with Crippen LogP contribution in [0, 0.1) is 0 Å². The molecule has 3 heterocycles. The number of hydrogen-bond acceptors (Lipinski definition) is 6. The van der Waals surface area contributed by atoms with Gasteiger partial charge in [0.2, 0.25) is 11.8 Å². The summed E-state index contributed by atoms with van der Waals surface area (Å²) in [7, 11) is 0. The van der Waals surface area contributed by atoms with Gasteiger partial charge in [0.1, 0.15) is 18.4 Å². The standard InChI is InChI=1S/C25H27N3O5.CH4/c29-23-9-8-21(24(30)26-23)28-15-20-19(25(28)31)2-1-3-22(20)33-16-18-6-4-17(5-7-18)14-27-10-12-32-13-11-27;/h1-7,21H,8-16H2,(H,26,29,30);1H4/i10D2,11D2,12D2,13D2;. The van der Waals surface area contributed by atoms with Crippen molar-refractivity contribution >= 4 is 17.7 Å². The normalized spacial score (nSPS) is 29.9. The van der Waals surface area contributed by atoms with Gasteiger partial charge in [-0.05, 0) is 29.7 Å². The molecule has 2 saturated heterocycles. The third-order valence-corrected chi connectivity index (χ3v) is 5.76. The Morgan fingerprint density at radius 3 is 2.53 bits per heavy atom. The van der Waals surface area contributed by atoms with Gasteiger partial charge in [-0.25, -0.2) is 0 Å². The van der Waals surface area contributed by atoms with Gasteiger partial charge in [-0.1, -0.05) is 37.8 Å². The third-order valence-electron chi connectivity index (χ3n) is 5.76. The molecule has 0 saturated carbocycles. The molecule has 1 N–H and O–H groups in total. The Hall–Kier alpha value is -3.23. The first kappa shape index (κ1) is 15.6. The molecule has 2 aromatic carbocycles. The summed E-state index contributed by atoms with van der Waals surface area (Å²) in [6.07, 6.45) is 0.395. The van der Waals surface area contributed by atoms with Crippen molar-refractivity contribution in [1.29, 1.82) is 0 Å². The number of morpholine rings is 1. The first-order valence-electron chi connectivity index (χ1n) is 14.5. The van der Waals surface area contributed by atoms with E-state index in [1.165, 1.54) is 4.90 Å². The number of piperidine rings is 1. The summed E-state index contributed by atoms with van der Waals surface area (Å²) >= 11 is 0. The maximum atomic E-state index is 13.0. The number of rotatable bonds is 6. The van der Waals surface area contributed by atoms with Crippen LogP contribution in [0.25, 0.3) is 0 Å². The quantitative estimate of drug-likeness (QED) is 0.649. The lowest BCUT2D eigenvalue weighted by atomic mass is 10.0. The molecule has 0 radical (unpaired) electrons. The summed E-state index contributed by atoms with van der Waals surface area (Å²) in [4.78, 5) is 38.8. The Bertz CT molecular complexity index is 1380. The summed E-state index contributed by atoms with van der Waals surface area (Å²) in [6, 6.07) is 10.8. The smallest absolute Gasteiger partial charge is 0.255 e. The predicted octanol–water partition coefficient (Wildman–Crippen LogP) is 2.49. The van der Waals surface area contributed by atoms with Crippen molar-refractivity contribution in [3.05, 3.63) is 64.7 Å². The number of benzene rings is 2. The van der Waals surface area contributed by atoms with Gasteiger partial charge in [0.25, 0.3) is 5.91 Å². The van der Waals surface area contributed by atoms with Crippen LogP contribution in [-0.2, 0) is 34.0 Å². The number of nitrogens with zero attached hydrogens (tertiary/aromatic N) is 2. The maximum Gasteiger partial charge on any atom is 0.255 e. The average Bonchev–Trinajstić information content (AvgIpc) is 3.21. The van der Waals surface area contributed by atoms with E-state index < -0.39 is 44.6 Å². The van der Waals surface area contributed by atoms with Crippen molar-refractivity contribution in [3.8, 4) is 5.75 Å². The highest BCUT2D eigenvalue weighted by Gasteiger charge is 2.40. The van der Waals surface area contributed by atoms with E-state index in [1.807, 2.05) is 0 Å². The molecule has 0 spiro atoms. The molecule has 2 aromatic rings. The summed E-state index contributed by atoms with van der Waals surface area (Å²) in [5.41, 5.74) is 2.13. The number of carbonyl (C=O) groups excluding carboxylic acids is 3. The van der Waals surface area contributed by atoms with Crippen LogP contribution in [0.5, 0.6) is 5.75 Å². The van der Waals surface area contributed by atoms with Gasteiger partial charge in [0.15, 0.2) is 0 Å². The SMILES string of the molecule is C.[2H]C1([2H])OC([2H])([2H])C([2H])([2H])N(Cc2ccc(COc3cccc4c3CN(C3CCC(=O)NC3=O)C4=O)cc2)C1([2H])[2H]. The van der Waals surface area contributed by atoms with Gasteiger partial charge in [0.05, 0.1) is 25.1 Å². The van der Waals surface area contributed by atoms with Crippen molar-refractivity contribution in [3.63, 3.8) is 0 Å². The van der Waals surface area contributed by atoms with E-state index in [0.29, 0.717) is 32.9 Å². The molecule has 0 aromatic heterocycles. The molecule has 8 heteroatoms. The van der Waals surface area contributed by atoms with E-state index in [2.05, 4.69) is 10.1 Å². The van der Waals surface area contributed by atoms with Crippen LogP contribution < -0.4 is 10.1 Å². The van der Waals surface area contributed by atoms with Crippen LogP contribution >= 0.6 is 0 Å². The number of ether oxygens (including phenoxy) is 2. The number of nitrogens with one attached hydrogen (secondary N) is 1. The van der Waals surface area contributed by atoms with Gasteiger partial charge in [-0.2, -0.15) is 0 Å². The highest BCUT2D eigenvalue weighted by atomic mass is 16.5. The van der Waals surface area contributed by atoms with Crippen LogP contribution in [-0.4, -0.2) is 59.7 Å². The predicted molar refractivity (Wildman–Crippen MR) is 126 cm³/mol. The molecule has 180 valence electrons. The lowest BCUT2D eigenvalue weighted by molar-refractivity contribution is -0.136. The fraction of sp³-hybridized carbons (Fsp3) is 0.423. The van der Waals surface area contributed by atoms with Crippen LogP contribution in [0.3, 0.4) is 0 Å². The lowest BCUT2D eigenvalue weighted by Crippen LogP contribution is -2.52. The van der Waals surface area contributed by atoms with Gasteiger partial charge >= 0.3 is 0 Å². The molecule has 0 aliphatic carbocycles. The van der Waals surface area contributed by atoms with Crippen LogP contribution in [0.15, 0.2) is 42.5 Å². The van der Waals surface area contributed by atoms with E-state index in [4.69, 9.17) is 15.7 Å². The van der Waals surface area contributed by atoms with Gasteiger partial charge < -0.3 is 14.4 Å². The molecule has 1 atom stereocenters. The summed E-state index contributed by atoms with van der Waals surface area (Å²) < 4.78 is 74.4. The molecule has 3 amide bonds. The maximum absolute atomic E-state index is 13.0. The average molecular weight is 474 g/mol. The fourth-order valence-corrected chi connectivity index (χ4v) is 4.07. The number of fused-ring (bicyclic) bond motifs is 1. The Morgan fingerprint density at radius 2 is 1.79 bits per heavy atom. The lowest BCUT2D eigenvalue weighted by Gasteiger charge is -2.29. The minimum Gasteiger partial charge on any atom is -0.489 e. The zero-order chi connectivity index (χ0) is 30.0. The Balaban J connectivity index is 0.00000405. The summed E-state index contributed by atoms with van der Waals surface area (Å²) in [6.45, 7) is -12.4. The van der Waals surface area contributed by atoms with Crippen molar-refractivity contribution in [2.45, 2.75) is 46.0 Å². The highest BCUT2D eigenvalue weighted by molar-refractivity contribution is 6.05. The number of carbonyl (C=O) groups is 3. The van der Waals surface area contributed by atoms with Crippen molar-refractivity contribution in [2.75, 3.05) is 26.1 Å². The molecular weight excluding hydrogens is 434 g/mol. The first-order valence-corrected chi connectivity index (χ1v) is 10.5. The second kappa shape index (κ2) is 10.4. The number of amides is 3. The molecule has 3 aliphatic heterocycles. The van der Waals surface area contributed by atoms with Gasteiger partial charge in [0, 0.05) is 42.6 Å². The molecule has 34 heavy (non-hydrogen) atoms. The van der Waals surface area contributed by atoms with E-state index in [1.54, 1.807) is 42.5 Å². The number of hydrogen-bond donors (Lipinski definition) is 1. The van der Waals surface area contributed by atoms with Crippen LogP contribution in [0.4, 0.5) is 0 Å². The van der Waals surface area contributed by atoms with Gasteiger partial charge in [-0.15, -0.1) is 0 Å². The van der Waals surface area contributed by atoms with E-state index in [0.717, 1.165) is 0 Å². The molecule has 1 unspecified atom stereocenters. The fourth-order valence-electron chi connectivity index (χ4n) is 4.07. The Kier molecular flexibility index (Phi) is 4.76. The topological polar surface area (TPSA) is 88.2 Å². The molecule has 0 bridgehead atoms. The number of imide groups is 1. The van der Waals surface area contributed by atoms with E-state index in [9.17, 15) is 14.4 Å². The van der Waals surface area contributed by atoms with Crippen molar-refractivity contribution in [1.82, 2.24) is 15.1 Å². The zero-order valence-corrected chi connectivity index (χ0v) is 17.6. The Labute approximate surface area is 211 Å². The monoisotopic (exact) mass is 473 g/mol.